The summed E-state index contributed by atoms with van der Waals surface area (Å²) in [5.74, 6) is 0. The van der Waals surface area contributed by atoms with Gasteiger partial charge in [-0.3, -0.25) is 0 Å². The van der Waals surface area contributed by atoms with Crippen molar-refractivity contribution in [3.8, 4) is 0 Å². The van der Waals surface area contributed by atoms with E-state index in [1.807, 2.05) is 31.0 Å². The first-order valence-corrected chi connectivity index (χ1v) is 6.32. The van der Waals surface area contributed by atoms with Gasteiger partial charge in [0, 0.05) is 12.2 Å². The molecule has 18 heavy (non-hydrogen) atoms. The molecule has 0 unspecified atom stereocenters. The second-order valence-electron chi connectivity index (χ2n) is 4.88. The van der Waals surface area contributed by atoms with Gasteiger partial charge >= 0.3 is 0 Å². The summed E-state index contributed by atoms with van der Waals surface area (Å²) in [6, 6.07) is 8.91. The lowest BCUT2D eigenvalue weighted by molar-refractivity contribution is 0.663. The average Bonchev–Trinajstić information content (AvgIpc) is 3.01. The van der Waals surface area contributed by atoms with Gasteiger partial charge in [-0.05, 0) is 25.0 Å². The van der Waals surface area contributed by atoms with Crippen LogP contribution in [0.3, 0.4) is 0 Å². The van der Waals surface area contributed by atoms with Crippen molar-refractivity contribution in [1.29, 1.82) is 0 Å². The predicted octanol–water partition coefficient (Wildman–Crippen LogP) is 2.62. The third-order valence-electron chi connectivity index (χ3n) is 3.55. The standard InChI is InChI=1S/C14H14N4/c1-2-4-14-13(3-1)16-10-17(14)8-12-7-15-9-18(12)11-5-6-11/h1-4,7,9-11H,5-6,8H2. The molecule has 4 heteroatoms. The van der Waals surface area contributed by atoms with Crippen LogP contribution in [0.4, 0.5) is 0 Å². The number of fused-ring (bicyclic) bond motifs is 1. The van der Waals surface area contributed by atoms with Gasteiger partial charge in [0.15, 0.2) is 0 Å². The molecule has 1 fully saturated rings. The Morgan fingerprint density at radius 1 is 1.17 bits per heavy atom. The van der Waals surface area contributed by atoms with Crippen LogP contribution in [-0.4, -0.2) is 19.1 Å². The molecule has 1 aromatic carbocycles. The molecule has 0 spiro atoms. The van der Waals surface area contributed by atoms with Crippen molar-refractivity contribution in [2.45, 2.75) is 25.4 Å². The molecule has 90 valence electrons. The van der Waals surface area contributed by atoms with E-state index < -0.39 is 0 Å². The fourth-order valence-electron chi connectivity index (χ4n) is 2.45. The second kappa shape index (κ2) is 3.70. The zero-order chi connectivity index (χ0) is 11.9. The Balaban J connectivity index is 1.73. The van der Waals surface area contributed by atoms with Crippen molar-refractivity contribution in [1.82, 2.24) is 19.1 Å². The van der Waals surface area contributed by atoms with Crippen molar-refractivity contribution in [3.05, 3.63) is 48.8 Å². The first kappa shape index (κ1) is 9.88. The Labute approximate surface area is 105 Å². The van der Waals surface area contributed by atoms with Gasteiger partial charge < -0.3 is 9.13 Å². The van der Waals surface area contributed by atoms with Gasteiger partial charge in [0.1, 0.15) is 0 Å². The maximum Gasteiger partial charge on any atom is 0.0962 e. The molecular weight excluding hydrogens is 224 g/mol. The van der Waals surface area contributed by atoms with Crippen LogP contribution in [0.25, 0.3) is 11.0 Å². The van der Waals surface area contributed by atoms with Crippen molar-refractivity contribution in [2.24, 2.45) is 0 Å². The number of hydrogen-bond donors (Lipinski definition) is 0. The van der Waals surface area contributed by atoms with Gasteiger partial charge in [-0.15, -0.1) is 0 Å². The lowest BCUT2D eigenvalue weighted by atomic mass is 10.3. The molecule has 0 N–H and O–H groups in total. The zero-order valence-corrected chi connectivity index (χ0v) is 10.0. The Morgan fingerprint density at radius 2 is 2.06 bits per heavy atom. The average molecular weight is 238 g/mol. The van der Waals surface area contributed by atoms with Crippen LogP contribution in [0, 0.1) is 0 Å². The first-order valence-electron chi connectivity index (χ1n) is 6.32. The maximum atomic E-state index is 4.42. The van der Waals surface area contributed by atoms with Crippen LogP contribution < -0.4 is 0 Å². The summed E-state index contributed by atoms with van der Waals surface area (Å²) in [4.78, 5) is 8.70. The third-order valence-corrected chi connectivity index (χ3v) is 3.55. The summed E-state index contributed by atoms with van der Waals surface area (Å²) in [5.41, 5.74) is 3.50. The molecule has 0 amide bonds. The van der Waals surface area contributed by atoms with Gasteiger partial charge in [0.05, 0.1) is 35.9 Å². The summed E-state index contributed by atoms with van der Waals surface area (Å²) in [7, 11) is 0. The molecule has 0 aliphatic heterocycles. The highest BCUT2D eigenvalue weighted by Gasteiger charge is 2.25. The van der Waals surface area contributed by atoms with Crippen LogP contribution in [0.2, 0.25) is 0 Å². The topological polar surface area (TPSA) is 35.6 Å². The van der Waals surface area contributed by atoms with E-state index in [1.165, 1.54) is 24.1 Å². The fourth-order valence-corrected chi connectivity index (χ4v) is 2.45. The number of rotatable bonds is 3. The molecule has 0 saturated heterocycles. The second-order valence-corrected chi connectivity index (χ2v) is 4.88. The normalized spacial score (nSPS) is 15.3. The quantitative estimate of drug-likeness (QED) is 0.703. The smallest absolute Gasteiger partial charge is 0.0962 e. The summed E-state index contributed by atoms with van der Waals surface area (Å²) in [6.07, 6.45) is 8.40. The minimum Gasteiger partial charge on any atom is -0.330 e. The van der Waals surface area contributed by atoms with E-state index in [1.54, 1.807) is 0 Å². The monoisotopic (exact) mass is 238 g/mol. The predicted molar refractivity (Wildman–Crippen MR) is 69.3 cm³/mol. The van der Waals surface area contributed by atoms with Crippen LogP contribution >= 0.6 is 0 Å². The number of para-hydroxylation sites is 2. The van der Waals surface area contributed by atoms with Crippen molar-refractivity contribution < 1.29 is 0 Å². The highest BCUT2D eigenvalue weighted by atomic mass is 15.1. The Bertz CT molecular complexity index is 690. The van der Waals surface area contributed by atoms with E-state index in [0.717, 1.165) is 12.1 Å². The van der Waals surface area contributed by atoms with Gasteiger partial charge in [0.2, 0.25) is 0 Å². The lowest BCUT2D eigenvalue weighted by Crippen LogP contribution is -2.04. The van der Waals surface area contributed by atoms with E-state index in [-0.39, 0.29) is 0 Å². The highest BCUT2D eigenvalue weighted by molar-refractivity contribution is 5.74. The van der Waals surface area contributed by atoms with Gasteiger partial charge in [0.25, 0.3) is 0 Å². The van der Waals surface area contributed by atoms with Gasteiger partial charge in [-0.2, -0.15) is 0 Å². The van der Waals surface area contributed by atoms with Gasteiger partial charge in [-0.1, -0.05) is 12.1 Å². The van der Waals surface area contributed by atoms with Crippen LogP contribution in [-0.2, 0) is 6.54 Å². The molecule has 0 atom stereocenters. The molecule has 0 radical (unpaired) electrons. The third kappa shape index (κ3) is 1.53. The van der Waals surface area contributed by atoms with Crippen molar-refractivity contribution in [3.63, 3.8) is 0 Å². The summed E-state index contributed by atoms with van der Waals surface area (Å²) in [5, 5.41) is 0. The lowest BCUT2D eigenvalue weighted by Gasteiger charge is -2.07. The van der Waals surface area contributed by atoms with Crippen molar-refractivity contribution in [2.75, 3.05) is 0 Å². The summed E-state index contributed by atoms with van der Waals surface area (Å²) >= 11 is 0. The van der Waals surface area contributed by atoms with E-state index in [4.69, 9.17) is 0 Å². The maximum absolute atomic E-state index is 4.42. The molecule has 1 saturated carbocycles. The van der Waals surface area contributed by atoms with Gasteiger partial charge in [-0.25, -0.2) is 9.97 Å². The van der Waals surface area contributed by atoms with E-state index in [2.05, 4.69) is 31.2 Å². The number of imidazole rings is 2. The first-order chi connectivity index (χ1) is 8.92. The summed E-state index contributed by atoms with van der Waals surface area (Å²) < 4.78 is 4.49. The highest BCUT2D eigenvalue weighted by Crippen LogP contribution is 2.35. The minimum atomic E-state index is 0.678. The molecule has 1 aliphatic rings. The molecular formula is C14H14N4. The number of hydrogen-bond acceptors (Lipinski definition) is 2. The molecule has 3 aromatic rings. The van der Waals surface area contributed by atoms with Crippen LogP contribution in [0.15, 0.2) is 43.1 Å². The Hall–Kier alpha value is -2.10. The fraction of sp³-hybridized carbons (Fsp3) is 0.286. The number of nitrogens with zero attached hydrogens (tertiary/aromatic N) is 4. The van der Waals surface area contributed by atoms with E-state index >= 15 is 0 Å². The van der Waals surface area contributed by atoms with Crippen molar-refractivity contribution >= 4 is 11.0 Å². The van der Waals surface area contributed by atoms with E-state index in [9.17, 15) is 0 Å². The molecule has 2 aromatic heterocycles. The van der Waals surface area contributed by atoms with Crippen LogP contribution in [0.1, 0.15) is 24.6 Å². The molecule has 0 bridgehead atoms. The molecule has 1 aliphatic carbocycles. The molecule has 4 rings (SSSR count). The Kier molecular flexibility index (Phi) is 2.03. The zero-order valence-electron chi connectivity index (χ0n) is 10.0. The molecule has 4 nitrogen and oxygen atoms in total. The largest absolute Gasteiger partial charge is 0.330 e. The van der Waals surface area contributed by atoms with E-state index in [0.29, 0.717) is 6.04 Å². The van der Waals surface area contributed by atoms with Crippen LogP contribution in [0.5, 0.6) is 0 Å². The Morgan fingerprint density at radius 3 is 2.94 bits per heavy atom. The number of benzene rings is 1. The summed E-state index contributed by atoms with van der Waals surface area (Å²) in [6.45, 7) is 0.844. The minimum absolute atomic E-state index is 0.678. The SMILES string of the molecule is c1ccc2c(c1)ncn2Cc1cncn1C1CC1. The molecule has 2 heterocycles. The number of aromatic nitrogens is 4.